The Morgan fingerprint density at radius 1 is 1.06 bits per heavy atom. The molecule has 264 valence electrons. The fraction of sp³-hybridized carbons (Fsp3) is 0.514. The van der Waals surface area contributed by atoms with Crippen LogP contribution in [-0.2, 0) is 30.3 Å². The molecular weight excluding hydrogens is 634 g/mol. The Labute approximate surface area is 286 Å². The van der Waals surface area contributed by atoms with E-state index in [-0.39, 0.29) is 29.6 Å². The molecule has 0 saturated carbocycles. The van der Waals surface area contributed by atoms with Crippen LogP contribution in [0.4, 0.5) is 13.6 Å². The summed E-state index contributed by atoms with van der Waals surface area (Å²) in [6.07, 6.45) is 2.05. The monoisotopic (exact) mass is 680 g/mol. The Balaban J connectivity index is 1.60. The summed E-state index contributed by atoms with van der Waals surface area (Å²) in [5.74, 6) is -1.94. The number of halogens is 2. The number of hydrogen-bond donors (Lipinski definition) is 0. The second kappa shape index (κ2) is 15.5. The van der Waals surface area contributed by atoms with E-state index >= 15 is 4.39 Å². The molecule has 0 spiro atoms. The molecule has 2 fully saturated rings. The van der Waals surface area contributed by atoms with Gasteiger partial charge >= 0.3 is 12.1 Å². The second-order valence-electron chi connectivity index (χ2n) is 13.9. The van der Waals surface area contributed by atoms with E-state index in [0.29, 0.717) is 57.9 Å². The lowest BCUT2D eigenvalue weighted by atomic mass is 9.88. The van der Waals surface area contributed by atoms with Gasteiger partial charge in [-0.2, -0.15) is 0 Å². The molecule has 1 aromatic heterocycles. The van der Waals surface area contributed by atoms with Gasteiger partial charge in [0.15, 0.2) is 6.10 Å². The summed E-state index contributed by atoms with van der Waals surface area (Å²) in [7, 11) is 0. The lowest BCUT2D eigenvalue weighted by molar-refractivity contribution is -0.160. The number of esters is 1. The van der Waals surface area contributed by atoms with Crippen LogP contribution in [0.5, 0.6) is 0 Å². The number of rotatable bonds is 10. The van der Waals surface area contributed by atoms with Gasteiger partial charge in [0, 0.05) is 58.1 Å². The van der Waals surface area contributed by atoms with Gasteiger partial charge in [0.1, 0.15) is 23.1 Å². The van der Waals surface area contributed by atoms with E-state index in [0.717, 1.165) is 23.8 Å². The normalized spacial score (nSPS) is 18.2. The van der Waals surface area contributed by atoms with Crippen molar-refractivity contribution in [3.05, 3.63) is 77.8 Å². The minimum absolute atomic E-state index is 0.00809. The largest absolute Gasteiger partial charge is 0.453 e. The van der Waals surface area contributed by atoms with Gasteiger partial charge in [-0.1, -0.05) is 30.3 Å². The summed E-state index contributed by atoms with van der Waals surface area (Å²) in [5, 5.41) is 0. The molecule has 2 aliphatic rings. The van der Waals surface area contributed by atoms with Crippen LogP contribution in [0.2, 0.25) is 0 Å². The minimum Gasteiger partial charge on any atom is -0.453 e. The summed E-state index contributed by atoms with van der Waals surface area (Å²) in [4.78, 5) is 47.8. The lowest BCUT2D eigenvalue weighted by Gasteiger charge is -2.40. The first-order valence-electron chi connectivity index (χ1n) is 16.9. The Hall–Kier alpha value is -4.32. The van der Waals surface area contributed by atoms with Crippen LogP contribution in [0, 0.1) is 23.5 Å². The van der Waals surface area contributed by atoms with E-state index in [4.69, 9.17) is 19.2 Å². The summed E-state index contributed by atoms with van der Waals surface area (Å²) in [5.41, 5.74) is 0.540. The fourth-order valence-corrected chi connectivity index (χ4v) is 6.66. The smallest absolute Gasteiger partial charge is 0.410 e. The number of ether oxygens (including phenoxy) is 3. The zero-order valence-electron chi connectivity index (χ0n) is 28.9. The average Bonchev–Trinajstić information content (AvgIpc) is 3.69. The molecule has 2 aromatic carbocycles. The Kier molecular flexibility index (Phi) is 11.4. The van der Waals surface area contributed by atoms with Crippen LogP contribution in [-0.4, -0.2) is 81.9 Å². The average molecular weight is 681 g/mol. The van der Waals surface area contributed by atoms with Gasteiger partial charge < -0.3 is 28.6 Å². The van der Waals surface area contributed by atoms with E-state index in [1.165, 1.54) is 6.92 Å². The third-order valence-electron chi connectivity index (χ3n) is 8.89. The molecule has 12 heteroatoms. The van der Waals surface area contributed by atoms with Crippen LogP contribution in [0.15, 0.2) is 54.7 Å². The van der Waals surface area contributed by atoms with Crippen molar-refractivity contribution in [2.45, 2.75) is 78.2 Å². The first-order chi connectivity index (χ1) is 23.3. The topological polar surface area (TPSA) is 103 Å². The number of benzene rings is 2. The molecule has 2 unspecified atom stereocenters. The van der Waals surface area contributed by atoms with Crippen molar-refractivity contribution in [2.75, 3.05) is 32.8 Å². The third kappa shape index (κ3) is 9.23. The van der Waals surface area contributed by atoms with Crippen molar-refractivity contribution in [3.8, 4) is 11.3 Å². The molecule has 49 heavy (non-hydrogen) atoms. The van der Waals surface area contributed by atoms with Gasteiger partial charge in [-0.15, -0.1) is 0 Å². The molecule has 0 N–H and O–H groups in total. The van der Waals surface area contributed by atoms with Crippen LogP contribution >= 0.6 is 0 Å². The number of carbonyl (C=O) groups is 3. The van der Waals surface area contributed by atoms with Gasteiger partial charge in [0.2, 0.25) is 0 Å². The summed E-state index contributed by atoms with van der Waals surface area (Å²) < 4.78 is 48.3. The maximum atomic E-state index is 15.2. The summed E-state index contributed by atoms with van der Waals surface area (Å²) in [6.45, 7) is 10.6. The number of carbonyl (C=O) groups excluding carboxylic acids is 3. The van der Waals surface area contributed by atoms with Crippen LogP contribution < -0.4 is 0 Å². The number of nitrogens with zero attached hydrogens (tertiary/aromatic N) is 4. The molecular formula is C37H46F2N4O6. The highest BCUT2D eigenvalue weighted by atomic mass is 19.1. The maximum absolute atomic E-state index is 15.2. The van der Waals surface area contributed by atoms with E-state index in [9.17, 15) is 18.8 Å². The third-order valence-corrected chi connectivity index (χ3v) is 8.89. The number of amides is 2. The minimum atomic E-state index is -1.10. The van der Waals surface area contributed by atoms with Crippen molar-refractivity contribution in [1.29, 1.82) is 0 Å². The van der Waals surface area contributed by atoms with Gasteiger partial charge in [0.05, 0.1) is 11.7 Å². The van der Waals surface area contributed by atoms with Crippen molar-refractivity contribution < 1.29 is 37.4 Å². The van der Waals surface area contributed by atoms with E-state index in [2.05, 4.69) is 0 Å². The van der Waals surface area contributed by atoms with Crippen LogP contribution in [0.25, 0.3) is 11.3 Å². The van der Waals surface area contributed by atoms with Crippen molar-refractivity contribution in [2.24, 2.45) is 11.8 Å². The quantitative estimate of drug-likeness (QED) is 0.229. The highest BCUT2D eigenvalue weighted by molar-refractivity contribution is 5.83. The van der Waals surface area contributed by atoms with Crippen LogP contribution in [0.3, 0.4) is 0 Å². The van der Waals surface area contributed by atoms with Gasteiger partial charge in [0.25, 0.3) is 5.91 Å². The van der Waals surface area contributed by atoms with E-state index in [1.54, 1.807) is 22.9 Å². The molecule has 5 rings (SSSR count). The van der Waals surface area contributed by atoms with E-state index < -0.39 is 47.4 Å². The molecule has 0 aliphatic carbocycles. The number of hydrogen-bond acceptors (Lipinski definition) is 7. The molecule has 10 nitrogen and oxygen atoms in total. The lowest BCUT2D eigenvalue weighted by Crippen LogP contribution is -2.48. The predicted molar refractivity (Wildman–Crippen MR) is 178 cm³/mol. The Morgan fingerprint density at radius 3 is 2.45 bits per heavy atom. The first kappa shape index (κ1) is 36.0. The molecule has 3 heterocycles. The summed E-state index contributed by atoms with van der Waals surface area (Å²) >= 11 is 0. The summed E-state index contributed by atoms with van der Waals surface area (Å²) in [6, 6.07) is 12.3. The predicted octanol–water partition coefficient (Wildman–Crippen LogP) is 6.38. The van der Waals surface area contributed by atoms with Gasteiger partial charge in [-0.25, -0.2) is 18.6 Å². The van der Waals surface area contributed by atoms with Crippen LogP contribution in [0.1, 0.15) is 71.3 Å². The highest BCUT2D eigenvalue weighted by Gasteiger charge is 2.41. The maximum Gasteiger partial charge on any atom is 0.410 e. The zero-order chi connectivity index (χ0) is 35.3. The molecule has 0 radical (unpaired) electrons. The molecule has 3 atom stereocenters. The molecule has 2 aliphatic heterocycles. The highest BCUT2D eigenvalue weighted by Crippen LogP contribution is 2.39. The molecule has 2 amide bonds. The molecule has 2 saturated heterocycles. The molecule has 0 bridgehead atoms. The van der Waals surface area contributed by atoms with Crippen molar-refractivity contribution in [3.63, 3.8) is 0 Å². The van der Waals surface area contributed by atoms with Gasteiger partial charge in [-0.05, 0) is 82.6 Å². The molecule has 3 aromatic rings. The number of imidazole rings is 1. The number of aromatic nitrogens is 2. The van der Waals surface area contributed by atoms with Crippen molar-refractivity contribution >= 4 is 18.0 Å². The second-order valence-corrected chi connectivity index (χ2v) is 13.9. The SMILES string of the molecule is CC(=O)O[C@@H](C)C(=O)N(CC1CCN(C(=O)OC(C)(C)C)C1)C(c1nc(-c2cc(F)ccc2F)cn1Cc1ccccc1)C1CCOCC1. The first-order valence-corrected chi connectivity index (χ1v) is 16.9. The van der Waals surface area contributed by atoms with Crippen molar-refractivity contribution in [1.82, 2.24) is 19.4 Å². The zero-order valence-corrected chi connectivity index (χ0v) is 28.9. The standard InChI is InChI=1S/C37H46F2N4O6/c1-24(48-25(2)44)35(45)43(22-27-13-16-41(21-27)36(46)49-37(3,4)5)33(28-14-17-47-18-15-28)34-40-32(30-19-29(38)11-12-31(30)39)23-42(34)20-26-9-7-6-8-10-26/h6-12,19,23-24,27-28,33H,13-18,20-22H2,1-5H3/t24-,27?,33?/m0/s1. The van der Waals surface area contributed by atoms with E-state index in [1.807, 2.05) is 55.7 Å². The fourth-order valence-electron chi connectivity index (χ4n) is 6.66. The Bertz CT molecular complexity index is 1620. The Morgan fingerprint density at radius 2 is 1.78 bits per heavy atom. The number of likely N-dealkylation sites (tertiary alicyclic amines) is 1. The van der Waals surface area contributed by atoms with Gasteiger partial charge in [-0.3, -0.25) is 9.59 Å².